The molecule has 0 spiro atoms. The molecule has 158 valence electrons. The van der Waals surface area contributed by atoms with Crippen LogP contribution in [-0.4, -0.2) is 38.4 Å². The number of para-hydroxylation sites is 2. The van der Waals surface area contributed by atoms with E-state index in [0.29, 0.717) is 34.3 Å². The summed E-state index contributed by atoms with van der Waals surface area (Å²) in [5.41, 5.74) is 9.10. The number of aromatic nitrogens is 3. The maximum absolute atomic E-state index is 12.9. The van der Waals surface area contributed by atoms with Crippen LogP contribution in [0.25, 0.3) is 22.2 Å². The molecular weight excluding hydrogens is 460 g/mol. The number of nitrogens with zero attached hydrogens (tertiary/aromatic N) is 4. The van der Waals surface area contributed by atoms with Gasteiger partial charge in [0.15, 0.2) is 5.65 Å². The number of hydrogen-bond donors (Lipinski definition) is 3. The highest BCUT2D eigenvalue weighted by Gasteiger charge is 2.24. The van der Waals surface area contributed by atoms with Crippen molar-refractivity contribution in [3.63, 3.8) is 0 Å². The molecule has 0 unspecified atom stereocenters. The molecule has 4 N–H and O–H groups in total. The van der Waals surface area contributed by atoms with Gasteiger partial charge in [0.1, 0.15) is 22.6 Å². The molecule has 0 bridgehead atoms. The normalized spacial score (nSPS) is 11.7. The molecular formula is C22H21BrN6O2. The van der Waals surface area contributed by atoms with Crippen LogP contribution in [0.1, 0.15) is 29.8 Å². The molecule has 2 aromatic carbocycles. The molecule has 1 amide bonds. The van der Waals surface area contributed by atoms with Gasteiger partial charge in [-0.1, -0.05) is 41.9 Å². The summed E-state index contributed by atoms with van der Waals surface area (Å²) in [6, 6.07) is 12.4. The number of nitrogens with one attached hydrogen (secondary N) is 1. The Balaban J connectivity index is 1.90. The van der Waals surface area contributed by atoms with Crippen LogP contribution in [0, 0.1) is 5.92 Å². The van der Waals surface area contributed by atoms with Gasteiger partial charge in [0, 0.05) is 16.6 Å². The Kier molecular flexibility index (Phi) is 5.60. The van der Waals surface area contributed by atoms with Gasteiger partial charge in [-0.15, -0.1) is 0 Å². The zero-order chi connectivity index (χ0) is 22.1. The average molecular weight is 481 g/mol. The van der Waals surface area contributed by atoms with E-state index in [-0.39, 0.29) is 29.0 Å². The minimum absolute atomic E-state index is 0.0633. The highest BCUT2D eigenvalue weighted by atomic mass is 79.9. The fourth-order valence-corrected chi connectivity index (χ4v) is 3.50. The lowest BCUT2D eigenvalue weighted by molar-refractivity contribution is 0.0951. The van der Waals surface area contributed by atoms with Crippen LogP contribution in [0.5, 0.6) is 5.75 Å². The third-order valence-electron chi connectivity index (χ3n) is 4.67. The van der Waals surface area contributed by atoms with Crippen molar-refractivity contribution in [3.05, 3.63) is 58.1 Å². The second kappa shape index (κ2) is 8.35. The van der Waals surface area contributed by atoms with E-state index in [0.717, 1.165) is 4.47 Å². The van der Waals surface area contributed by atoms with E-state index in [1.165, 1.54) is 10.9 Å². The van der Waals surface area contributed by atoms with Crippen molar-refractivity contribution in [1.82, 2.24) is 20.0 Å². The fourth-order valence-electron chi connectivity index (χ4n) is 3.12. The number of fused-ring (bicyclic) bond motifs is 2. The quantitative estimate of drug-likeness (QED) is 0.374. The van der Waals surface area contributed by atoms with Crippen molar-refractivity contribution in [1.29, 1.82) is 0 Å². The Hall–Kier alpha value is -3.46. The van der Waals surface area contributed by atoms with Crippen LogP contribution in [0.15, 0.2) is 52.0 Å². The largest absolute Gasteiger partial charge is 0.507 e. The van der Waals surface area contributed by atoms with Crippen LogP contribution >= 0.6 is 15.9 Å². The summed E-state index contributed by atoms with van der Waals surface area (Å²) >= 11 is 3.38. The molecule has 0 atom stereocenters. The number of carbonyl (C=O) groups is 1. The van der Waals surface area contributed by atoms with Crippen LogP contribution in [0.3, 0.4) is 0 Å². The number of halogens is 1. The monoisotopic (exact) mass is 480 g/mol. The summed E-state index contributed by atoms with van der Waals surface area (Å²) < 4.78 is 2.16. The molecule has 0 aliphatic heterocycles. The Labute approximate surface area is 186 Å². The molecule has 2 heterocycles. The first-order valence-corrected chi connectivity index (χ1v) is 10.5. The number of amides is 1. The summed E-state index contributed by atoms with van der Waals surface area (Å²) in [7, 11) is 0. The van der Waals surface area contributed by atoms with Gasteiger partial charge in [0.25, 0.3) is 5.91 Å². The van der Waals surface area contributed by atoms with E-state index in [1.54, 1.807) is 18.2 Å². The van der Waals surface area contributed by atoms with Crippen molar-refractivity contribution in [2.24, 2.45) is 11.0 Å². The number of nitrogen functional groups attached to an aromatic ring is 1. The van der Waals surface area contributed by atoms with Gasteiger partial charge < -0.3 is 16.2 Å². The van der Waals surface area contributed by atoms with Crippen LogP contribution < -0.4 is 11.1 Å². The summed E-state index contributed by atoms with van der Waals surface area (Å²) in [5.74, 6) is 0.133. The first kappa shape index (κ1) is 20.8. The van der Waals surface area contributed by atoms with Gasteiger partial charge in [-0.2, -0.15) is 9.78 Å². The number of carbonyl (C=O) groups excluding carboxylic acids is 1. The first-order chi connectivity index (χ1) is 14.8. The third kappa shape index (κ3) is 4.09. The van der Waals surface area contributed by atoms with Crippen molar-refractivity contribution in [3.8, 4) is 5.75 Å². The SMILES string of the molecule is CC(C)CNC(=O)c1c(N)n(N=Cc2cc(Br)ccc2O)c2nc3ccccc3nc12. The number of phenols is 1. The maximum atomic E-state index is 12.9. The molecule has 2 aromatic heterocycles. The molecule has 9 heteroatoms. The van der Waals surface area contributed by atoms with Gasteiger partial charge in [-0.25, -0.2) is 9.97 Å². The predicted octanol–water partition coefficient (Wildman–Crippen LogP) is 3.90. The molecule has 0 aliphatic rings. The number of benzene rings is 2. The number of rotatable bonds is 5. The molecule has 4 rings (SSSR count). The van der Waals surface area contributed by atoms with Crippen molar-refractivity contribution in [2.75, 3.05) is 12.3 Å². The second-order valence-electron chi connectivity index (χ2n) is 7.51. The van der Waals surface area contributed by atoms with Gasteiger partial charge in [0.2, 0.25) is 0 Å². The average Bonchev–Trinajstić information content (AvgIpc) is 3.01. The lowest BCUT2D eigenvalue weighted by Crippen LogP contribution is -2.28. The van der Waals surface area contributed by atoms with Gasteiger partial charge in [-0.3, -0.25) is 4.79 Å². The molecule has 0 radical (unpaired) electrons. The highest BCUT2D eigenvalue weighted by molar-refractivity contribution is 9.10. The van der Waals surface area contributed by atoms with E-state index in [4.69, 9.17) is 5.73 Å². The minimum Gasteiger partial charge on any atom is -0.507 e. The highest BCUT2D eigenvalue weighted by Crippen LogP contribution is 2.28. The zero-order valence-corrected chi connectivity index (χ0v) is 18.6. The van der Waals surface area contributed by atoms with E-state index in [2.05, 4.69) is 36.3 Å². The molecule has 0 fully saturated rings. The van der Waals surface area contributed by atoms with E-state index >= 15 is 0 Å². The summed E-state index contributed by atoms with van der Waals surface area (Å²) in [5, 5.41) is 17.4. The van der Waals surface area contributed by atoms with Crippen molar-refractivity contribution < 1.29 is 9.90 Å². The molecule has 31 heavy (non-hydrogen) atoms. The summed E-state index contributed by atoms with van der Waals surface area (Å²) in [4.78, 5) is 22.2. The standard InChI is InChI=1S/C22H21BrN6O2/c1-12(2)10-25-22(31)18-19-21(28-16-6-4-3-5-15(16)27-19)29(20(18)24)26-11-13-9-14(23)7-8-17(13)30/h3-9,11-12,30H,10,24H2,1-2H3,(H,25,31). The Morgan fingerprint density at radius 1 is 1.26 bits per heavy atom. The Morgan fingerprint density at radius 2 is 1.97 bits per heavy atom. The molecule has 0 saturated heterocycles. The number of hydrogen-bond acceptors (Lipinski definition) is 6. The second-order valence-corrected chi connectivity index (χ2v) is 8.42. The van der Waals surface area contributed by atoms with E-state index < -0.39 is 0 Å². The summed E-state index contributed by atoms with van der Waals surface area (Å²) in [6.45, 7) is 4.52. The molecule has 0 saturated carbocycles. The lowest BCUT2D eigenvalue weighted by Gasteiger charge is -2.07. The number of phenolic OH excluding ortho intramolecular Hbond substituents is 1. The maximum Gasteiger partial charge on any atom is 0.257 e. The molecule has 0 aliphatic carbocycles. The fraction of sp³-hybridized carbons (Fsp3) is 0.182. The number of anilines is 1. The van der Waals surface area contributed by atoms with Gasteiger partial charge >= 0.3 is 0 Å². The van der Waals surface area contributed by atoms with Crippen molar-refractivity contribution >= 4 is 56.1 Å². The Bertz CT molecular complexity index is 1330. The van der Waals surface area contributed by atoms with Crippen molar-refractivity contribution in [2.45, 2.75) is 13.8 Å². The van der Waals surface area contributed by atoms with Crippen LogP contribution in [0.2, 0.25) is 0 Å². The zero-order valence-electron chi connectivity index (χ0n) is 17.0. The van der Waals surface area contributed by atoms with Crippen LogP contribution in [0.4, 0.5) is 5.82 Å². The smallest absolute Gasteiger partial charge is 0.257 e. The third-order valence-corrected chi connectivity index (χ3v) is 5.17. The van der Waals surface area contributed by atoms with Crippen LogP contribution in [-0.2, 0) is 0 Å². The van der Waals surface area contributed by atoms with E-state index in [9.17, 15) is 9.90 Å². The number of nitrogens with two attached hydrogens (primary N) is 1. The predicted molar refractivity (Wildman–Crippen MR) is 125 cm³/mol. The topological polar surface area (TPSA) is 118 Å². The molecule has 8 nitrogen and oxygen atoms in total. The summed E-state index contributed by atoms with van der Waals surface area (Å²) in [6.07, 6.45) is 1.46. The first-order valence-electron chi connectivity index (χ1n) is 9.73. The Morgan fingerprint density at radius 3 is 2.68 bits per heavy atom. The lowest BCUT2D eigenvalue weighted by atomic mass is 10.2. The van der Waals surface area contributed by atoms with Gasteiger partial charge in [-0.05, 0) is 36.2 Å². The molecule has 4 aromatic rings. The van der Waals surface area contributed by atoms with E-state index in [1.807, 2.05) is 38.1 Å². The number of aromatic hydroxyl groups is 1. The minimum atomic E-state index is -0.333. The van der Waals surface area contributed by atoms with Gasteiger partial charge in [0.05, 0.1) is 17.2 Å².